The second kappa shape index (κ2) is 7.12. The SMILES string of the molecule is CSC1CCC(NCCNC(C)=O)CC1. The fraction of sp³-hybridized carbons (Fsp3) is 0.909. The van der Waals surface area contributed by atoms with Gasteiger partial charge in [0.1, 0.15) is 0 Å². The van der Waals surface area contributed by atoms with Gasteiger partial charge in [0, 0.05) is 31.3 Å². The van der Waals surface area contributed by atoms with Crippen molar-refractivity contribution in [2.24, 2.45) is 0 Å². The van der Waals surface area contributed by atoms with E-state index in [0.29, 0.717) is 6.04 Å². The fourth-order valence-corrected chi connectivity index (χ4v) is 2.76. The maximum Gasteiger partial charge on any atom is 0.216 e. The maximum atomic E-state index is 10.6. The molecule has 4 heteroatoms. The van der Waals surface area contributed by atoms with E-state index < -0.39 is 0 Å². The van der Waals surface area contributed by atoms with Gasteiger partial charge in [0.15, 0.2) is 0 Å². The van der Waals surface area contributed by atoms with Crippen LogP contribution in [0.4, 0.5) is 0 Å². The molecule has 1 rings (SSSR count). The average Bonchev–Trinajstić information content (AvgIpc) is 2.25. The van der Waals surface area contributed by atoms with Crippen molar-refractivity contribution in [1.82, 2.24) is 10.6 Å². The molecule has 0 aromatic rings. The Bertz CT molecular complexity index is 191. The smallest absolute Gasteiger partial charge is 0.216 e. The van der Waals surface area contributed by atoms with Gasteiger partial charge >= 0.3 is 0 Å². The normalized spacial score (nSPS) is 26.3. The average molecular weight is 230 g/mol. The number of nitrogens with one attached hydrogen (secondary N) is 2. The molecule has 0 unspecified atom stereocenters. The Morgan fingerprint density at radius 3 is 2.47 bits per heavy atom. The first-order chi connectivity index (χ1) is 7.22. The van der Waals surface area contributed by atoms with Gasteiger partial charge in [-0.1, -0.05) is 0 Å². The predicted octanol–water partition coefficient (Wildman–Crippen LogP) is 1.39. The minimum absolute atomic E-state index is 0.0582. The van der Waals surface area contributed by atoms with Crippen LogP contribution >= 0.6 is 11.8 Å². The van der Waals surface area contributed by atoms with Crippen LogP contribution in [0.3, 0.4) is 0 Å². The van der Waals surface area contributed by atoms with Crippen molar-refractivity contribution < 1.29 is 4.79 Å². The lowest BCUT2D eigenvalue weighted by atomic mass is 9.95. The third-order valence-electron chi connectivity index (χ3n) is 2.94. The van der Waals surface area contributed by atoms with Crippen LogP contribution in [0.1, 0.15) is 32.6 Å². The molecule has 0 saturated heterocycles. The van der Waals surface area contributed by atoms with Crippen LogP contribution in [0.5, 0.6) is 0 Å². The van der Waals surface area contributed by atoms with Gasteiger partial charge in [0.25, 0.3) is 0 Å². The van der Waals surface area contributed by atoms with Crippen molar-refractivity contribution in [3.05, 3.63) is 0 Å². The Morgan fingerprint density at radius 2 is 1.93 bits per heavy atom. The lowest BCUT2D eigenvalue weighted by Crippen LogP contribution is -2.38. The number of hydrogen-bond donors (Lipinski definition) is 2. The molecular formula is C11H22N2OS. The molecule has 0 radical (unpaired) electrons. The largest absolute Gasteiger partial charge is 0.355 e. The summed E-state index contributed by atoms with van der Waals surface area (Å²) in [5.41, 5.74) is 0. The number of thioether (sulfide) groups is 1. The standard InChI is InChI=1S/C11H22N2OS/c1-9(14)12-7-8-13-10-3-5-11(15-2)6-4-10/h10-11,13H,3-8H2,1-2H3,(H,12,14). The second-order valence-corrected chi connectivity index (χ2v) is 5.28. The minimum Gasteiger partial charge on any atom is -0.355 e. The van der Waals surface area contributed by atoms with Crippen molar-refractivity contribution in [2.45, 2.75) is 43.9 Å². The van der Waals surface area contributed by atoms with Crippen LogP contribution in [0.25, 0.3) is 0 Å². The quantitative estimate of drug-likeness (QED) is 0.701. The predicted molar refractivity (Wildman–Crippen MR) is 66.2 cm³/mol. The minimum atomic E-state index is 0.0582. The summed E-state index contributed by atoms with van der Waals surface area (Å²) < 4.78 is 0. The van der Waals surface area contributed by atoms with Crippen LogP contribution in [0.2, 0.25) is 0 Å². The van der Waals surface area contributed by atoms with Gasteiger partial charge in [-0.25, -0.2) is 0 Å². The van der Waals surface area contributed by atoms with E-state index in [2.05, 4.69) is 16.9 Å². The highest BCUT2D eigenvalue weighted by atomic mass is 32.2. The molecule has 0 aromatic carbocycles. The van der Waals surface area contributed by atoms with Gasteiger partial charge in [-0.3, -0.25) is 4.79 Å². The zero-order chi connectivity index (χ0) is 11.1. The van der Waals surface area contributed by atoms with Gasteiger partial charge < -0.3 is 10.6 Å². The summed E-state index contributed by atoms with van der Waals surface area (Å²) in [6.45, 7) is 3.20. The molecule has 1 saturated carbocycles. The topological polar surface area (TPSA) is 41.1 Å². The Balaban J connectivity index is 2.01. The van der Waals surface area contributed by atoms with Crippen molar-refractivity contribution >= 4 is 17.7 Å². The number of amides is 1. The molecule has 0 aromatic heterocycles. The van der Waals surface area contributed by atoms with Gasteiger partial charge in [-0.2, -0.15) is 11.8 Å². The summed E-state index contributed by atoms with van der Waals surface area (Å²) in [4.78, 5) is 10.6. The van der Waals surface area contributed by atoms with E-state index in [1.54, 1.807) is 6.92 Å². The molecule has 0 spiro atoms. The molecule has 15 heavy (non-hydrogen) atoms. The molecular weight excluding hydrogens is 208 g/mol. The summed E-state index contributed by atoms with van der Waals surface area (Å²) in [6.07, 6.45) is 7.43. The number of carbonyl (C=O) groups excluding carboxylic acids is 1. The van der Waals surface area contributed by atoms with Crippen LogP contribution in [-0.4, -0.2) is 36.5 Å². The lowest BCUT2D eigenvalue weighted by Gasteiger charge is -2.28. The molecule has 1 aliphatic rings. The van der Waals surface area contributed by atoms with E-state index >= 15 is 0 Å². The van der Waals surface area contributed by atoms with E-state index in [9.17, 15) is 4.79 Å². The Hall–Kier alpha value is -0.220. The number of carbonyl (C=O) groups is 1. The molecule has 0 bridgehead atoms. The highest BCUT2D eigenvalue weighted by Gasteiger charge is 2.19. The number of hydrogen-bond acceptors (Lipinski definition) is 3. The highest BCUT2D eigenvalue weighted by Crippen LogP contribution is 2.26. The van der Waals surface area contributed by atoms with Crippen molar-refractivity contribution in [2.75, 3.05) is 19.3 Å². The van der Waals surface area contributed by atoms with Gasteiger partial charge in [-0.05, 0) is 31.9 Å². The second-order valence-electron chi connectivity index (χ2n) is 4.15. The van der Waals surface area contributed by atoms with Crippen molar-refractivity contribution in [3.63, 3.8) is 0 Å². The van der Waals surface area contributed by atoms with E-state index in [-0.39, 0.29) is 5.91 Å². The summed E-state index contributed by atoms with van der Waals surface area (Å²) in [6, 6.07) is 0.669. The number of rotatable bonds is 5. The van der Waals surface area contributed by atoms with Crippen LogP contribution in [0, 0.1) is 0 Å². The summed E-state index contributed by atoms with van der Waals surface area (Å²) in [5.74, 6) is 0.0582. The molecule has 0 heterocycles. The summed E-state index contributed by atoms with van der Waals surface area (Å²) >= 11 is 2.00. The summed E-state index contributed by atoms with van der Waals surface area (Å²) in [7, 11) is 0. The van der Waals surface area contributed by atoms with Crippen LogP contribution in [-0.2, 0) is 4.79 Å². The fourth-order valence-electron chi connectivity index (χ4n) is 2.02. The molecule has 0 atom stereocenters. The zero-order valence-electron chi connectivity index (χ0n) is 9.71. The van der Waals surface area contributed by atoms with E-state index in [1.165, 1.54) is 25.7 Å². The molecule has 1 aliphatic carbocycles. The van der Waals surface area contributed by atoms with E-state index in [4.69, 9.17) is 0 Å². The van der Waals surface area contributed by atoms with Gasteiger partial charge in [0.05, 0.1) is 0 Å². The van der Waals surface area contributed by atoms with Crippen LogP contribution in [0.15, 0.2) is 0 Å². The third-order valence-corrected chi connectivity index (χ3v) is 4.08. The molecule has 3 nitrogen and oxygen atoms in total. The zero-order valence-corrected chi connectivity index (χ0v) is 10.5. The highest BCUT2D eigenvalue weighted by molar-refractivity contribution is 7.99. The summed E-state index contributed by atoms with van der Waals surface area (Å²) in [5, 5.41) is 7.17. The Kier molecular flexibility index (Phi) is 6.10. The molecule has 1 amide bonds. The molecule has 1 fully saturated rings. The van der Waals surface area contributed by atoms with Crippen molar-refractivity contribution in [1.29, 1.82) is 0 Å². The van der Waals surface area contributed by atoms with Crippen molar-refractivity contribution in [3.8, 4) is 0 Å². The molecule has 0 aliphatic heterocycles. The monoisotopic (exact) mass is 230 g/mol. The third kappa shape index (κ3) is 5.42. The first-order valence-electron chi connectivity index (χ1n) is 5.73. The maximum absolute atomic E-state index is 10.6. The Morgan fingerprint density at radius 1 is 1.27 bits per heavy atom. The van der Waals surface area contributed by atoms with Crippen LogP contribution < -0.4 is 10.6 Å². The molecule has 2 N–H and O–H groups in total. The molecule has 88 valence electrons. The van der Waals surface area contributed by atoms with Gasteiger partial charge in [0.2, 0.25) is 5.91 Å². The van der Waals surface area contributed by atoms with Gasteiger partial charge in [-0.15, -0.1) is 0 Å². The first kappa shape index (κ1) is 12.8. The lowest BCUT2D eigenvalue weighted by molar-refractivity contribution is -0.118. The van der Waals surface area contributed by atoms with E-state index in [0.717, 1.165) is 18.3 Å². The first-order valence-corrected chi connectivity index (χ1v) is 7.01. The Labute approximate surface area is 96.8 Å². The van der Waals surface area contributed by atoms with E-state index in [1.807, 2.05) is 11.8 Å².